The Morgan fingerprint density at radius 2 is 2.05 bits per heavy atom. The number of aromatic nitrogens is 2. The van der Waals surface area contributed by atoms with Gasteiger partial charge in [0.2, 0.25) is 0 Å². The average molecular weight is 284 g/mol. The molecule has 0 spiro atoms. The molecule has 0 saturated heterocycles. The summed E-state index contributed by atoms with van der Waals surface area (Å²) in [4.78, 5) is 16.2. The Morgan fingerprint density at radius 3 is 2.76 bits per heavy atom. The third kappa shape index (κ3) is 2.63. The molecule has 3 rings (SSSR count). The van der Waals surface area contributed by atoms with Gasteiger partial charge >= 0.3 is 5.97 Å². The SMILES string of the molecule is COC(=O)c1cccn2cc(Cc3ccc(F)cc3)nc12. The number of ether oxygens (including phenoxy) is 1. The van der Waals surface area contributed by atoms with Crippen LogP contribution in [0.2, 0.25) is 0 Å². The minimum Gasteiger partial charge on any atom is -0.465 e. The zero-order valence-corrected chi connectivity index (χ0v) is 11.4. The summed E-state index contributed by atoms with van der Waals surface area (Å²) >= 11 is 0. The Hall–Kier alpha value is -2.69. The quantitative estimate of drug-likeness (QED) is 0.695. The van der Waals surface area contributed by atoms with Crippen LogP contribution in [0.15, 0.2) is 48.8 Å². The van der Waals surface area contributed by atoms with Gasteiger partial charge in [-0.05, 0) is 29.8 Å². The standard InChI is InChI=1S/C16H13FN2O2/c1-21-16(20)14-3-2-8-19-10-13(18-15(14)19)9-11-4-6-12(17)7-5-11/h2-8,10H,9H2,1H3. The molecule has 5 heteroatoms. The molecule has 2 aromatic heterocycles. The van der Waals surface area contributed by atoms with E-state index in [0.29, 0.717) is 17.6 Å². The van der Waals surface area contributed by atoms with Crippen molar-refractivity contribution in [2.75, 3.05) is 7.11 Å². The third-order valence-electron chi connectivity index (χ3n) is 3.24. The van der Waals surface area contributed by atoms with Gasteiger partial charge in [0.25, 0.3) is 0 Å². The molecule has 0 saturated carbocycles. The van der Waals surface area contributed by atoms with E-state index < -0.39 is 5.97 Å². The Labute approximate surface area is 120 Å². The maximum atomic E-state index is 12.9. The molecule has 106 valence electrons. The van der Waals surface area contributed by atoms with Crippen molar-refractivity contribution in [1.82, 2.24) is 9.38 Å². The summed E-state index contributed by atoms with van der Waals surface area (Å²) in [6.07, 6.45) is 4.25. The summed E-state index contributed by atoms with van der Waals surface area (Å²) in [5.74, 6) is -0.679. The summed E-state index contributed by atoms with van der Waals surface area (Å²) in [5.41, 5.74) is 2.74. The van der Waals surface area contributed by atoms with E-state index in [4.69, 9.17) is 4.74 Å². The van der Waals surface area contributed by atoms with Crippen molar-refractivity contribution in [3.8, 4) is 0 Å². The van der Waals surface area contributed by atoms with Gasteiger partial charge in [-0.25, -0.2) is 14.2 Å². The van der Waals surface area contributed by atoms with Crippen LogP contribution in [0.5, 0.6) is 0 Å². The summed E-state index contributed by atoms with van der Waals surface area (Å²) in [6.45, 7) is 0. The van der Waals surface area contributed by atoms with E-state index in [9.17, 15) is 9.18 Å². The number of esters is 1. The lowest BCUT2D eigenvalue weighted by molar-refractivity contribution is 0.0602. The Bertz CT molecular complexity index is 794. The molecule has 0 aliphatic rings. The number of carbonyl (C=O) groups excluding carboxylic acids is 1. The first-order chi connectivity index (χ1) is 10.2. The van der Waals surface area contributed by atoms with Gasteiger partial charge in [0.1, 0.15) is 11.4 Å². The number of nitrogens with zero attached hydrogens (tertiary/aromatic N) is 2. The van der Waals surface area contributed by atoms with Gasteiger partial charge in [0.05, 0.1) is 12.8 Å². The van der Waals surface area contributed by atoms with Crippen LogP contribution in [-0.2, 0) is 11.2 Å². The van der Waals surface area contributed by atoms with Gasteiger partial charge in [-0.3, -0.25) is 0 Å². The number of halogens is 1. The van der Waals surface area contributed by atoms with Gasteiger partial charge in [-0.1, -0.05) is 12.1 Å². The van der Waals surface area contributed by atoms with Gasteiger partial charge in [0.15, 0.2) is 5.65 Å². The number of imidazole rings is 1. The van der Waals surface area contributed by atoms with Crippen LogP contribution in [0.1, 0.15) is 21.6 Å². The molecular weight excluding hydrogens is 271 g/mol. The highest BCUT2D eigenvalue weighted by molar-refractivity contribution is 5.95. The van der Waals surface area contributed by atoms with Crippen molar-refractivity contribution in [2.45, 2.75) is 6.42 Å². The van der Waals surface area contributed by atoms with Crippen LogP contribution in [0.4, 0.5) is 4.39 Å². The molecule has 3 aromatic rings. The van der Waals surface area contributed by atoms with Crippen molar-refractivity contribution in [1.29, 1.82) is 0 Å². The number of hydrogen-bond acceptors (Lipinski definition) is 3. The van der Waals surface area contributed by atoms with Gasteiger partial charge < -0.3 is 9.14 Å². The van der Waals surface area contributed by atoms with Crippen LogP contribution in [0.3, 0.4) is 0 Å². The van der Waals surface area contributed by atoms with E-state index in [2.05, 4.69) is 4.98 Å². The topological polar surface area (TPSA) is 43.6 Å². The van der Waals surface area contributed by atoms with Gasteiger partial charge in [0, 0.05) is 18.8 Å². The maximum absolute atomic E-state index is 12.9. The van der Waals surface area contributed by atoms with E-state index >= 15 is 0 Å². The second-order valence-electron chi connectivity index (χ2n) is 4.68. The molecule has 0 bridgehead atoms. The third-order valence-corrected chi connectivity index (χ3v) is 3.24. The second kappa shape index (κ2) is 5.36. The predicted octanol–water partition coefficient (Wildman–Crippen LogP) is 2.85. The zero-order valence-electron chi connectivity index (χ0n) is 11.4. The lowest BCUT2D eigenvalue weighted by Gasteiger charge is -2.00. The van der Waals surface area contributed by atoms with Crippen LogP contribution >= 0.6 is 0 Å². The van der Waals surface area contributed by atoms with Crippen LogP contribution in [0, 0.1) is 5.82 Å². The molecule has 0 atom stereocenters. The highest BCUT2D eigenvalue weighted by atomic mass is 19.1. The van der Waals surface area contributed by atoms with E-state index in [-0.39, 0.29) is 5.82 Å². The summed E-state index contributed by atoms with van der Waals surface area (Å²) in [7, 11) is 1.34. The molecule has 0 unspecified atom stereocenters. The summed E-state index contributed by atoms with van der Waals surface area (Å²) in [5, 5.41) is 0. The molecular formula is C16H13FN2O2. The Balaban J connectivity index is 1.97. The fourth-order valence-corrected chi connectivity index (χ4v) is 2.23. The van der Waals surface area contributed by atoms with E-state index in [1.807, 2.05) is 12.4 Å². The molecule has 0 amide bonds. The summed E-state index contributed by atoms with van der Waals surface area (Å²) in [6, 6.07) is 9.73. The number of benzene rings is 1. The number of fused-ring (bicyclic) bond motifs is 1. The number of methoxy groups -OCH3 is 1. The molecule has 0 radical (unpaired) electrons. The van der Waals surface area contributed by atoms with Crippen LogP contribution in [0.25, 0.3) is 5.65 Å². The fraction of sp³-hybridized carbons (Fsp3) is 0.125. The molecule has 0 aliphatic heterocycles. The highest BCUT2D eigenvalue weighted by Gasteiger charge is 2.13. The number of rotatable bonds is 3. The molecule has 4 nitrogen and oxygen atoms in total. The number of pyridine rings is 1. The first-order valence-corrected chi connectivity index (χ1v) is 6.47. The smallest absolute Gasteiger partial charge is 0.341 e. The largest absolute Gasteiger partial charge is 0.465 e. The number of carbonyl (C=O) groups is 1. The van der Waals surface area contributed by atoms with Crippen molar-refractivity contribution in [3.05, 3.63) is 71.4 Å². The van der Waals surface area contributed by atoms with Gasteiger partial charge in [-0.15, -0.1) is 0 Å². The minimum atomic E-state index is -0.417. The lowest BCUT2D eigenvalue weighted by Crippen LogP contribution is -2.03. The maximum Gasteiger partial charge on any atom is 0.341 e. The molecule has 2 heterocycles. The van der Waals surface area contributed by atoms with Crippen molar-refractivity contribution in [2.24, 2.45) is 0 Å². The van der Waals surface area contributed by atoms with E-state index in [0.717, 1.165) is 11.3 Å². The van der Waals surface area contributed by atoms with Crippen molar-refractivity contribution < 1.29 is 13.9 Å². The molecule has 0 fully saturated rings. The second-order valence-corrected chi connectivity index (χ2v) is 4.68. The Kier molecular flexibility index (Phi) is 3.39. The predicted molar refractivity (Wildman–Crippen MR) is 75.7 cm³/mol. The first kappa shape index (κ1) is 13.3. The first-order valence-electron chi connectivity index (χ1n) is 6.47. The average Bonchev–Trinajstić information content (AvgIpc) is 2.91. The summed E-state index contributed by atoms with van der Waals surface area (Å²) < 4.78 is 19.4. The lowest BCUT2D eigenvalue weighted by atomic mass is 10.1. The van der Waals surface area contributed by atoms with E-state index in [1.54, 1.807) is 28.7 Å². The highest BCUT2D eigenvalue weighted by Crippen LogP contribution is 2.15. The molecule has 21 heavy (non-hydrogen) atoms. The van der Waals surface area contributed by atoms with Gasteiger partial charge in [-0.2, -0.15) is 0 Å². The Morgan fingerprint density at radius 1 is 1.29 bits per heavy atom. The van der Waals surface area contributed by atoms with E-state index in [1.165, 1.54) is 19.2 Å². The monoisotopic (exact) mass is 284 g/mol. The molecule has 1 aromatic carbocycles. The minimum absolute atomic E-state index is 0.262. The fourth-order valence-electron chi connectivity index (χ4n) is 2.23. The normalized spacial score (nSPS) is 10.8. The van der Waals surface area contributed by atoms with Crippen molar-refractivity contribution >= 4 is 11.6 Å². The van der Waals surface area contributed by atoms with Crippen LogP contribution < -0.4 is 0 Å². The van der Waals surface area contributed by atoms with Crippen molar-refractivity contribution in [3.63, 3.8) is 0 Å². The zero-order chi connectivity index (χ0) is 14.8. The molecule has 0 aliphatic carbocycles. The molecule has 0 N–H and O–H groups in total. The van der Waals surface area contributed by atoms with Crippen LogP contribution in [-0.4, -0.2) is 22.5 Å². The number of hydrogen-bond donors (Lipinski definition) is 0.